The summed E-state index contributed by atoms with van der Waals surface area (Å²) < 4.78 is 12.9. The highest BCUT2D eigenvalue weighted by atomic mass is 19.1. The van der Waals surface area contributed by atoms with Gasteiger partial charge < -0.3 is 10.2 Å². The summed E-state index contributed by atoms with van der Waals surface area (Å²) in [4.78, 5) is 12.6. The van der Waals surface area contributed by atoms with Crippen molar-refractivity contribution in [2.45, 2.75) is 6.92 Å². The van der Waals surface area contributed by atoms with Gasteiger partial charge in [0.2, 0.25) is 0 Å². The molecule has 4 nitrogen and oxygen atoms in total. The number of quaternary nitrogens is 1. The Labute approximate surface area is 106 Å². The largest absolute Gasteiger partial charge is 0.329 e. The van der Waals surface area contributed by atoms with Crippen molar-refractivity contribution >= 4 is 11.6 Å². The fourth-order valence-corrected chi connectivity index (χ4v) is 1.69. The van der Waals surface area contributed by atoms with Crippen molar-refractivity contribution in [3.05, 3.63) is 30.1 Å². The molecule has 5 heteroatoms. The van der Waals surface area contributed by atoms with E-state index >= 15 is 0 Å². The van der Waals surface area contributed by atoms with Gasteiger partial charge in [-0.1, -0.05) is 6.07 Å². The Morgan fingerprint density at radius 1 is 1.61 bits per heavy atom. The molecule has 96 valence electrons. The average molecular weight is 250 g/mol. The van der Waals surface area contributed by atoms with E-state index in [0.717, 1.165) is 4.90 Å². The van der Waals surface area contributed by atoms with Gasteiger partial charge in [0.1, 0.15) is 5.82 Å². The highest BCUT2D eigenvalue weighted by Gasteiger charge is 2.13. The molecule has 1 aromatic rings. The van der Waals surface area contributed by atoms with E-state index in [4.69, 9.17) is 5.26 Å². The molecule has 1 aromatic carbocycles. The average Bonchev–Trinajstić information content (AvgIpc) is 2.28. The molecule has 0 saturated heterocycles. The van der Waals surface area contributed by atoms with Crippen molar-refractivity contribution < 1.29 is 14.1 Å². The van der Waals surface area contributed by atoms with Gasteiger partial charge in [0.25, 0.3) is 5.91 Å². The van der Waals surface area contributed by atoms with E-state index in [1.54, 1.807) is 12.1 Å². The quantitative estimate of drug-likeness (QED) is 0.796. The van der Waals surface area contributed by atoms with Gasteiger partial charge in [0.15, 0.2) is 6.54 Å². The Hall–Kier alpha value is -1.93. The second kappa shape index (κ2) is 6.72. The lowest BCUT2D eigenvalue weighted by molar-refractivity contribution is -0.873. The summed E-state index contributed by atoms with van der Waals surface area (Å²) in [6, 6.07) is 7.89. The van der Waals surface area contributed by atoms with Crippen LogP contribution in [0.1, 0.15) is 6.92 Å². The smallest absolute Gasteiger partial charge is 0.279 e. The highest BCUT2D eigenvalue weighted by molar-refractivity contribution is 5.91. The van der Waals surface area contributed by atoms with Gasteiger partial charge in [-0.15, -0.1) is 0 Å². The van der Waals surface area contributed by atoms with E-state index < -0.39 is 0 Å². The molecular weight excluding hydrogens is 233 g/mol. The number of benzene rings is 1. The van der Waals surface area contributed by atoms with Crippen LogP contribution in [0, 0.1) is 23.1 Å². The molecule has 0 spiro atoms. The number of amides is 1. The molecule has 2 atom stereocenters. The molecule has 1 rings (SSSR count). The topological polar surface area (TPSA) is 57.3 Å². The monoisotopic (exact) mass is 250 g/mol. The second-order valence-electron chi connectivity index (χ2n) is 4.43. The Bertz CT molecular complexity index is 456. The predicted molar refractivity (Wildman–Crippen MR) is 66.4 cm³/mol. The number of carbonyl (C=O) groups excluding carboxylic acids is 1. The third kappa shape index (κ3) is 4.93. The molecule has 18 heavy (non-hydrogen) atoms. The molecule has 0 fully saturated rings. The molecule has 1 unspecified atom stereocenters. The van der Waals surface area contributed by atoms with E-state index in [2.05, 4.69) is 11.4 Å². The van der Waals surface area contributed by atoms with Crippen LogP contribution < -0.4 is 10.2 Å². The fraction of sp³-hybridized carbons (Fsp3) is 0.385. The minimum absolute atomic E-state index is 0.0908. The number of likely N-dealkylation sites (N-methyl/N-ethyl adjacent to an activating group) is 1. The van der Waals surface area contributed by atoms with Crippen LogP contribution >= 0.6 is 0 Å². The van der Waals surface area contributed by atoms with E-state index in [1.807, 2.05) is 14.0 Å². The zero-order chi connectivity index (χ0) is 13.5. The first-order valence-electron chi connectivity index (χ1n) is 5.77. The van der Waals surface area contributed by atoms with Gasteiger partial charge in [0.05, 0.1) is 25.6 Å². The zero-order valence-corrected chi connectivity index (χ0v) is 10.5. The predicted octanol–water partition coefficient (Wildman–Crippen LogP) is 0.439. The lowest BCUT2D eigenvalue weighted by atomic mass is 10.2. The molecule has 0 aliphatic carbocycles. The molecule has 0 saturated carbocycles. The minimum atomic E-state index is -0.383. The number of nitrogens with zero attached hydrogens (tertiary/aromatic N) is 1. The zero-order valence-electron chi connectivity index (χ0n) is 10.5. The van der Waals surface area contributed by atoms with E-state index in [-0.39, 0.29) is 24.2 Å². The summed E-state index contributed by atoms with van der Waals surface area (Å²) in [5.41, 5.74) is 0.445. The first kappa shape index (κ1) is 14.1. The van der Waals surface area contributed by atoms with Crippen molar-refractivity contribution in [1.82, 2.24) is 0 Å². The third-order valence-corrected chi connectivity index (χ3v) is 2.45. The molecule has 0 bridgehead atoms. The molecular formula is C13H17FN3O+. The number of halogens is 1. The first-order valence-corrected chi connectivity index (χ1v) is 5.77. The molecule has 2 N–H and O–H groups in total. The Morgan fingerprint density at radius 2 is 2.33 bits per heavy atom. The number of carbonyl (C=O) groups is 1. The summed E-state index contributed by atoms with van der Waals surface area (Å²) in [7, 11) is 1.85. The van der Waals surface area contributed by atoms with Gasteiger partial charge in [0, 0.05) is 5.69 Å². The van der Waals surface area contributed by atoms with E-state index in [9.17, 15) is 9.18 Å². The van der Waals surface area contributed by atoms with Crippen LogP contribution in [0.25, 0.3) is 0 Å². The lowest BCUT2D eigenvalue weighted by Gasteiger charge is -2.14. The standard InChI is InChI=1S/C13H16FN3O/c1-10(7-15)8-17(2)9-13(18)16-12-5-3-4-11(14)6-12/h3-6,10H,8-9H2,1-2H3,(H,16,18)/p+1/t10-/m1/s1. The van der Waals surface area contributed by atoms with Crippen molar-refractivity contribution in [2.24, 2.45) is 5.92 Å². The van der Waals surface area contributed by atoms with Crippen molar-refractivity contribution in [1.29, 1.82) is 5.26 Å². The van der Waals surface area contributed by atoms with E-state index in [1.165, 1.54) is 12.1 Å². The van der Waals surface area contributed by atoms with Gasteiger partial charge in [-0.05, 0) is 25.1 Å². The van der Waals surface area contributed by atoms with Crippen LogP contribution in [0.5, 0.6) is 0 Å². The minimum Gasteiger partial charge on any atom is -0.329 e. The van der Waals surface area contributed by atoms with Crippen molar-refractivity contribution in [2.75, 3.05) is 25.5 Å². The number of hydrogen-bond acceptors (Lipinski definition) is 2. The van der Waals surface area contributed by atoms with Crippen LogP contribution in [0.3, 0.4) is 0 Å². The Balaban J connectivity index is 2.45. The van der Waals surface area contributed by atoms with Gasteiger partial charge in [-0.3, -0.25) is 4.79 Å². The van der Waals surface area contributed by atoms with Gasteiger partial charge in [-0.25, -0.2) is 4.39 Å². The number of nitrogens with one attached hydrogen (secondary N) is 2. The SMILES string of the molecule is C[C@H](C#N)C[NH+](C)CC(=O)Nc1cccc(F)c1. The Morgan fingerprint density at radius 3 is 2.94 bits per heavy atom. The van der Waals surface area contributed by atoms with E-state index in [0.29, 0.717) is 12.2 Å². The fourth-order valence-electron chi connectivity index (χ4n) is 1.69. The normalized spacial score (nSPS) is 13.4. The number of rotatable bonds is 5. The van der Waals surface area contributed by atoms with Gasteiger partial charge in [-0.2, -0.15) is 5.26 Å². The van der Waals surface area contributed by atoms with Crippen LogP contribution in [0.2, 0.25) is 0 Å². The van der Waals surface area contributed by atoms with Gasteiger partial charge >= 0.3 is 0 Å². The summed E-state index contributed by atoms with van der Waals surface area (Å²) in [6.45, 7) is 2.67. The maximum absolute atomic E-state index is 12.9. The summed E-state index contributed by atoms with van der Waals surface area (Å²) in [5.74, 6) is -0.665. The molecule has 0 radical (unpaired) electrons. The Kier molecular flexibility index (Phi) is 5.28. The van der Waals surface area contributed by atoms with Crippen LogP contribution in [0.4, 0.5) is 10.1 Å². The lowest BCUT2D eigenvalue weighted by Crippen LogP contribution is -3.10. The summed E-state index contributed by atoms with van der Waals surface area (Å²) in [6.07, 6.45) is 0. The summed E-state index contributed by atoms with van der Waals surface area (Å²) >= 11 is 0. The van der Waals surface area contributed by atoms with Crippen LogP contribution in [-0.4, -0.2) is 26.0 Å². The maximum Gasteiger partial charge on any atom is 0.279 e. The number of anilines is 1. The first-order chi connectivity index (χ1) is 8.51. The molecule has 0 aliphatic rings. The number of hydrogen-bond donors (Lipinski definition) is 2. The maximum atomic E-state index is 12.9. The van der Waals surface area contributed by atoms with Crippen molar-refractivity contribution in [3.63, 3.8) is 0 Å². The highest BCUT2D eigenvalue weighted by Crippen LogP contribution is 2.08. The number of nitriles is 1. The molecule has 0 heterocycles. The van der Waals surface area contributed by atoms with Crippen molar-refractivity contribution in [3.8, 4) is 6.07 Å². The molecule has 1 amide bonds. The second-order valence-corrected chi connectivity index (χ2v) is 4.43. The third-order valence-electron chi connectivity index (χ3n) is 2.45. The van der Waals surface area contributed by atoms with Crippen LogP contribution in [0.15, 0.2) is 24.3 Å². The molecule has 0 aromatic heterocycles. The molecule has 0 aliphatic heterocycles. The summed E-state index contributed by atoms with van der Waals surface area (Å²) in [5, 5.41) is 11.3. The van der Waals surface area contributed by atoms with Crippen LogP contribution in [-0.2, 0) is 4.79 Å².